The Morgan fingerprint density at radius 1 is 1.18 bits per heavy atom. The van der Waals surface area contributed by atoms with Gasteiger partial charge in [-0.05, 0) is 38.0 Å². The van der Waals surface area contributed by atoms with Gasteiger partial charge in [0.1, 0.15) is 4.21 Å². The first-order valence-electron chi connectivity index (χ1n) is 7.18. The molecule has 0 bridgehead atoms. The van der Waals surface area contributed by atoms with E-state index in [0.717, 1.165) is 10.4 Å². The number of aliphatic hydroxyl groups is 1. The molecule has 0 aliphatic rings. The summed E-state index contributed by atoms with van der Waals surface area (Å²) in [6.45, 7) is 3.99. The molecule has 120 valence electrons. The highest BCUT2D eigenvalue weighted by atomic mass is 32.2. The van der Waals surface area contributed by atoms with Gasteiger partial charge >= 0.3 is 0 Å². The zero-order valence-corrected chi connectivity index (χ0v) is 14.4. The van der Waals surface area contributed by atoms with Crippen molar-refractivity contribution < 1.29 is 13.5 Å². The zero-order valence-electron chi connectivity index (χ0n) is 12.8. The first kappa shape index (κ1) is 17.1. The largest absolute Gasteiger partial charge is 0.396 e. The minimum Gasteiger partial charge on any atom is -0.396 e. The Morgan fingerprint density at radius 2 is 1.86 bits per heavy atom. The van der Waals surface area contributed by atoms with Gasteiger partial charge in [0.05, 0.1) is 0 Å². The molecule has 1 aromatic carbocycles. The first-order valence-corrected chi connectivity index (χ1v) is 9.44. The molecule has 0 spiro atoms. The lowest BCUT2D eigenvalue weighted by Crippen LogP contribution is -2.38. The fraction of sp³-hybridized carbons (Fsp3) is 0.375. The van der Waals surface area contributed by atoms with Crippen LogP contribution < -0.4 is 0 Å². The van der Waals surface area contributed by atoms with Crippen LogP contribution >= 0.6 is 11.3 Å². The highest BCUT2D eigenvalue weighted by Gasteiger charge is 2.30. The van der Waals surface area contributed by atoms with Crippen LogP contribution in [0.5, 0.6) is 0 Å². The van der Waals surface area contributed by atoms with Crippen molar-refractivity contribution in [3.8, 4) is 0 Å². The lowest BCUT2D eigenvalue weighted by molar-refractivity contribution is 0.231. The molecule has 1 unspecified atom stereocenters. The lowest BCUT2D eigenvalue weighted by Gasteiger charge is -2.27. The fourth-order valence-corrected chi connectivity index (χ4v) is 5.30. The third kappa shape index (κ3) is 3.95. The Hall–Kier alpha value is -1.21. The minimum atomic E-state index is -3.56. The van der Waals surface area contributed by atoms with Crippen molar-refractivity contribution in [1.29, 1.82) is 0 Å². The van der Waals surface area contributed by atoms with Gasteiger partial charge in [-0.3, -0.25) is 0 Å². The van der Waals surface area contributed by atoms with Crippen LogP contribution in [0, 0.1) is 6.92 Å². The van der Waals surface area contributed by atoms with Crippen LogP contribution in [0.1, 0.15) is 23.8 Å². The van der Waals surface area contributed by atoms with E-state index in [2.05, 4.69) is 0 Å². The number of thiophene rings is 1. The monoisotopic (exact) mass is 339 g/mol. The SMILES string of the molecule is Cc1ccc(S(=O)(=O)N(Cc2ccccc2)C(C)CCO)s1. The molecule has 22 heavy (non-hydrogen) atoms. The summed E-state index contributed by atoms with van der Waals surface area (Å²) in [5, 5.41) is 9.17. The molecule has 4 nitrogen and oxygen atoms in total. The quantitative estimate of drug-likeness (QED) is 0.843. The zero-order chi connectivity index (χ0) is 16.2. The molecule has 0 saturated heterocycles. The lowest BCUT2D eigenvalue weighted by atomic mass is 10.2. The van der Waals surface area contributed by atoms with E-state index in [-0.39, 0.29) is 12.6 Å². The van der Waals surface area contributed by atoms with E-state index in [1.165, 1.54) is 15.6 Å². The molecule has 0 saturated carbocycles. The third-order valence-electron chi connectivity index (χ3n) is 3.50. The second-order valence-electron chi connectivity index (χ2n) is 5.26. The summed E-state index contributed by atoms with van der Waals surface area (Å²) in [6.07, 6.45) is 0.413. The van der Waals surface area contributed by atoms with Gasteiger partial charge < -0.3 is 5.11 Å². The van der Waals surface area contributed by atoms with Crippen molar-refractivity contribution in [2.24, 2.45) is 0 Å². The molecule has 6 heteroatoms. The molecule has 1 atom stereocenters. The summed E-state index contributed by atoms with van der Waals surface area (Å²) in [5.41, 5.74) is 0.934. The van der Waals surface area contributed by atoms with E-state index < -0.39 is 10.0 Å². The highest BCUT2D eigenvalue weighted by Crippen LogP contribution is 2.27. The molecular weight excluding hydrogens is 318 g/mol. The van der Waals surface area contributed by atoms with E-state index in [0.29, 0.717) is 17.2 Å². The summed E-state index contributed by atoms with van der Waals surface area (Å²) in [7, 11) is -3.56. The normalized spacial score (nSPS) is 13.5. The van der Waals surface area contributed by atoms with Gasteiger partial charge in [-0.2, -0.15) is 4.31 Å². The second kappa shape index (κ2) is 7.37. The molecule has 2 aromatic rings. The number of nitrogens with zero attached hydrogens (tertiary/aromatic N) is 1. The Balaban J connectivity index is 2.35. The van der Waals surface area contributed by atoms with Crippen molar-refractivity contribution in [2.45, 2.75) is 37.1 Å². The van der Waals surface area contributed by atoms with Crippen LogP contribution in [0.4, 0.5) is 0 Å². The number of aliphatic hydroxyl groups excluding tert-OH is 1. The average Bonchev–Trinajstić information content (AvgIpc) is 2.93. The third-order valence-corrected chi connectivity index (χ3v) is 6.93. The van der Waals surface area contributed by atoms with Gasteiger partial charge in [0, 0.05) is 24.1 Å². The van der Waals surface area contributed by atoms with Gasteiger partial charge in [0.25, 0.3) is 10.0 Å². The molecule has 0 radical (unpaired) electrons. The van der Waals surface area contributed by atoms with E-state index in [1.807, 2.05) is 50.2 Å². The summed E-state index contributed by atoms with van der Waals surface area (Å²) in [5.74, 6) is 0. The van der Waals surface area contributed by atoms with Crippen molar-refractivity contribution in [2.75, 3.05) is 6.61 Å². The molecule has 0 aliphatic heterocycles. The van der Waals surface area contributed by atoms with Gasteiger partial charge in [0.2, 0.25) is 0 Å². The Labute approximate surface area is 136 Å². The van der Waals surface area contributed by atoms with Crippen LogP contribution in [-0.4, -0.2) is 30.5 Å². The number of benzene rings is 1. The molecular formula is C16H21NO3S2. The molecule has 0 aliphatic carbocycles. The van der Waals surface area contributed by atoms with E-state index in [1.54, 1.807) is 6.07 Å². The van der Waals surface area contributed by atoms with Crippen molar-refractivity contribution in [3.63, 3.8) is 0 Å². The van der Waals surface area contributed by atoms with Crippen LogP contribution in [0.3, 0.4) is 0 Å². The minimum absolute atomic E-state index is 0.0363. The van der Waals surface area contributed by atoms with Gasteiger partial charge in [-0.1, -0.05) is 30.3 Å². The number of sulfonamides is 1. The predicted octanol–water partition coefficient (Wildman–Crippen LogP) is 3.02. The Bertz CT molecular complexity index is 695. The second-order valence-corrected chi connectivity index (χ2v) is 8.67. The molecule has 2 rings (SSSR count). The maximum absolute atomic E-state index is 12.9. The van der Waals surface area contributed by atoms with Gasteiger partial charge in [-0.25, -0.2) is 8.42 Å². The van der Waals surface area contributed by atoms with Crippen LogP contribution in [0.15, 0.2) is 46.7 Å². The van der Waals surface area contributed by atoms with E-state index in [4.69, 9.17) is 0 Å². The molecule has 1 heterocycles. The standard InChI is InChI=1S/C16H21NO3S2/c1-13(10-11-18)17(12-15-6-4-3-5-7-15)22(19,20)16-9-8-14(2)21-16/h3-9,13,18H,10-12H2,1-2H3. The number of rotatable bonds is 7. The van der Waals surface area contributed by atoms with Gasteiger partial charge in [-0.15, -0.1) is 11.3 Å². The van der Waals surface area contributed by atoms with Crippen molar-refractivity contribution >= 4 is 21.4 Å². The summed E-state index contributed by atoms with van der Waals surface area (Å²) >= 11 is 1.28. The predicted molar refractivity (Wildman–Crippen MR) is 89.4 cm³/mol. The summed E-state index contributed by atoms with van der Waals surface area (Å²) < 4.78 is 27.7. The van der Waals surface area contributed by atoms with Crippen LogP contribution in [-0.2, 0) is 16.6 Å². The van der Waals surface area contributed by atoms with Crippen molar-refractivity contribution in [3.05, 3.63) is 52.9 Å². The molecule has 0 fully saturated rings. The fourth-order valence-electron chi connectivity index (χ4n) is 2.24. The Kier molecular flexibility index (Phi) is 5.74. The van der Waals surface area contributed by atoms with Crippen LogP contribution in [0.2, 0.25) is 0 Å². The Morgan fingerprint density at radius 3 is 2.41 bits per heavy atom. The van der Waals surface area contributed by atoms with Gasteiger partial charge in [0.15, 0.2) is 0 Å². The molecule has 1 N–H and O–H groups in total. The number of hydrogen-bond acceptors (Lipinski definition) is 4. The average molecular weight is 339 g/mol. The maximum Gasteiger partial charge on any atom is 0.253 e. The van der Waals surface area contributed by atoms with Crippen LogP contribution in [0.25, 0.3) is 0 Å². The van der Waals surface area contributed by atoms with E-state index >= 15 is 0 Å². The number of hydrogen-bond donors (Lipinski definition) is 1. The molecule has 0 amide bonds. The highest BCUT2D eigenvalue weighted by molar-refractivity contribution is 7.91. The summed E-state index contributed by atoms with van der Waals surface area (Å²) in [4.78, 5) is 0.966. The van der Waals surface area contributed by atoms with E-state index in [9.17, 15) is 13.5 Å². The van der Waals surface area contributed by atoms with Crippen molar-refractivity contribution in [1.82, 2.24) is 4.31 Å². The topological polar surface area (TPSA) is 57.6 Å². The molecule has 1 aromatic heterocycles. The smallest absolute Gasteiger partial charge is 0.253 e. The number of aryl methyl sites for hydroxylation is 1. The summed E-state index contributed by atoms with van der Waals surface area (Å²) in [6, 6.07) is 12.7. The maximum atomic E-state index is 12.9. The first-order chi connectivity index (χ1) is 10.4.